The van der Waals surface area contributed by atoms with Gasteiger partial charge in [0.25, 0.3) is 0 Å². The number of allylic oxidation sites excluding steroid dienone is 1. The van der Waals surface area contributed by atoms with Gasteiger partial charge >= 0.3 is 6.18 Å². The van der Waals surface area contributed by atoms with E-state index < -0.39 is 17.6 Å². The lowest BCUT2D eigenvalue weighted by atomic mass is 9.89. The molecule has 1 saturated heterocycles. The van der Waals surface area contributed by atoms with Gasteiger partial charge in [-0.1, -0.05) is 54.6 Å². The van der Waals surface area contributed by atoms with Gasteiger partial charge in [-0.25, -0.2) is 4.39 Å². The average Bonchev–Trinajstić information content (AvgIpc) is 2.84. The Morgan fingerprint density at radius 1 is 0.794 bits per heavy atom. The summed E-state index contributed by atoms with van der Waals surface area (Å²) in [5, 5.41) is 0. The number of alkyl halides is 3. The average molecular weight is 471 g/mol. The molecule has 0 atom stereocenters. The maximum Gasteiger partial charge on any atom is 0.417 e. The molecule has 178 valence electrons. The molecule has 3 aromatic rings. The van der Waals surface area contributed by atoms with Crippen molar-refractivity contribution in [2.45, 2.75) is 6.18 Å². The van der Waals surface area contributed by atoms with E-state index >= 15 is 0 Å². The van der Waals surface area contributed by atoms with Gasteiger partial charge < -0.3 is 9.47 Å². The largest absolute Gasteiger partial charge is 0.492 e. The van der Waals surface area contributed by atoms with Crippen LogP contribution in [0.25, 0.3) is 11.1 Å². The molecule has 3 aromatic carbocycles. The van der Waals surface area contributed by atoms with Crippen LogP contribution in [0.2, 0.25) is 0 Å². The summed E-state index contributed by atoms with van der Waals surface area (Å²) in [5.74, 6) is 0.0594. The number of ether oxygens (including phenoxy) is 2. The molecule has 0 saturated carbocycles. The zero-order valence-electron chi connectivity index (χ0n) is 18.5. The van der Waals surface area contributed by atoms with E-state index in [1.165, 1.54) is 24.3 Å². The van der Waals surface area contributed by atoms with E-state index in [9.17, 15) is 17.6 Å². The highest BCUT2D eigenvalue weighted by atomic mass is 19.4. The van der Waals surface area contributed by atoms with Gasteiger partial charge in [-0.15, -0.1) is 0 Å². The first-order valence-corrected chi connectivity index (χ1v) is 11.1. The van der Waals surface area contributed by atoms with E-state index in [-0.39, 0.29) is 16.7 Å². The van der Waals surface area contributed by atoms with Crippen LogP contribution >= 0.6 is 0 Å². The summed E-state index contributed by atoms with van der Waals surface area (Å²) < 4.78 is 67.8. The highest BCUT2D eigenvalue weighted by molar-refractivity contribution is 6.00. The van der Waals surface area contributed by atoms with E-state index in [1.54, 1.807) is 42.5 Å². The Bertz CT molecular complexity index is 1090. The third kappa shape index (κ3) is 6.04. The van der Waals surface area contributed by atoms with Crippen LogP contribution in [-0.4, -0.2) is 50.5 Å². The van der Waals surface area contributed by atoms with Crippen LogP contribution in [0.4, 0.5) is 17.6 Å². The SMILES string of the molecule is Fc1ccc(/C(=C(/c2ccccc2)C(F)(F)F)c2ccc(OCCN3CCOCC3)cc2)cc1. The van der Waals surface area contributed by atoms with Gasteiger partial charge in [-0.05, 0) is 41.0 Å². The first-order chi connectivity index (χ1) is 16.4. The fraction of sp³-hybridized carbons (Fsp3) is 0.259. The third-order valence-electron chi connectivity index (χ3n) is 5.65. The van der Waals surface area contributed by atoms with Crippen molar-refractivity contribution in [2.75, 3.05) is 39.5 Å². The Kier molecular flexibility index (Phi) is 7.65. The van der Waals surface area contributed by atoms with E-state index in [1.807, 2.05) is 0 Å². The smallest absolute Gasteiger partial charge is 0.417 e. The summed E-state index contributed by atoms with van der Waals surface area (Å²) in [5.41, 5.74) is -0.110. The molecule has 1 heterocycles. The minimum atomic E-state index is -4.63. The number of halogens is 4. The third-order valence-corrected chi connectivity index (χ3v) is 5.65. The molecule has 0 aliphatic carbocycles. The van der Waals surface area contributed by atoms with Crippen LogP contribution < -0.4 is 4.74 Å². The monoisotopic (exact) mass is 471 g/mol. The number of morpholine rings is 1. The van der Waals surface area contributed by atoms with Gasteiger partial charge in [0.1, 0.15) is 18.2 Å². The zero-order valence-corrected chi connectivity index (χ0v) is 18.5. The van der Waals surface area contributed by atoms with Gasteiger partial charge in [-0.3, -0.25) is 4.90 Å². The van der Waals surface area contributed by atoms with Crippen LogP contribution in [0.5, 0.6) is 5.75 Å². The predicted octanol–water partition coefficient (Wildman–Crippen LogP) is 6.06. The van der Waals surface area contributed by atoms with Gasteiger partial charge in [0, 0.05) is 25.2 Å². The molecule has 1 fully saturated rings. The first-order valence-electron chi connectivity index (χ1n) is 11.1. The van der Waals surface area contributed by atoms with Crippen molar-refractivity contribution in [3.05, 3.63) is 101 Å². The van der Waals surface area contributed by atoms with Crippen LogP contribution in [0, 0.1) is 5.82 Å². The van der Waals surface area contributed by atoms with E-state index in [4.69, 9.17) is 9.47 Å². The van der Waals surface area contributed by atoms with Gasteiger partial charge in [0.05, 0.1) is 18.8 Å². The minimum Gasteiger partial charge on any atom is -0.492 e. The molecular formula is C27H25F4NO2. The molecule has 0 radical (unpaired) electrons. The minimum absolute atomic E-state index is 0.0152. The van der Waals surface area contributed by atoms with Crippen molar-refractivity contribution in [1.29, 1.82) is 0 Å². The van der Waals surface area contributed by atoms with E-state index in [0.29, 0.717) is 31.1 Å². The Hall–Kier alpha value is -3.16. The van der Waals surface area contributed by atoms with Crippen LogP contribution in [0.1, 0.15) is 16.7 Å². The van der Waals surface area contributed by atoms with Crippen molar-refractivity contribution in [2.24, 2.45) is 0 Å². The summed E-state index contributed by atoms with van der Waals surface area (Å²) in [6.45, 7) is 4.34. The maximum atomic E-state index is 14.4. The molecule has 0 aromatic heterocycles. The van der Waals surface area contributed by atoms with Crippen molar-refractivity contribution in [3.63, 3.8) is 0 Å². The number of benzene rings is 3. The van der Waals surface area contributed by atoms with Gasteiger partial charge in [0.15, 0.2) is 0 Å². The van der Waals surface area contributed by atoms with Crippen LogP contribution in [0.3, 0.4) is 0 Å². The molecule has 0 amide bonds. The molecule has 34 heavy (non-hydrogen) atoms. The van der Waals surface area contributed by atoms with Crippen molar-refractivity contribution in [3.8, 4) is 5.75 Å². The Balaban J connectivity index is 1.66. The number of rotatable bonds is 7. The molecule has 0 spiro atoms. The van der Waals surface area contributed by atoms with E-state index in [0.717, 1.165) is 31.8 Å². The van der Waals surface area contributed by atoms with Crippen LogP contribution in [0.15, 0.2) is 78.9 Å². The predicted molar refractivity (Wildman–Crippen MR) is 124 cm³/mol. The summed E-state index contributed by atoms with van der Waals surface area (Å²) in [4.78, 5) is 2.24. The molecule has 0 bridgehead atoms. The van der Waals surface area contributed by atoms with Crippen molar-refractivity contribution >= 4 is 11.1 Å². The highest BCUT2D eigenvalue weighted by Gasteiger charge is 2.38. The van der Waals surface area contributed by atoms with Gasteiger partial charge in [0.2, 0.25) is 0 Å². The maximum absolute atomic E-state index is 14.4. The fourth-order valence-electron chi connectivity index (χ4n) is 3.96. The fourth-order valence-corrected chi connectivity index (χ4v) is 3.96. The molecular weight excluding hydrogens is 446 g/mol. The standard InChI is InChI=1S/C27H25F4NO2/c28-23-10-6-20(7-11-23)25(26(27(29,30)31)22-4-2-1-3-5-22)21-8-12-24(13-9-21)34-19-16-32-14-17-33-18-15-32/h1-13H,14-19H2/b26-25+. The zero-order chi connectivity index (χ0) is 24.0. The Morgan fingerprint density at radius 3 is 1.97 bits per heavy atom. The second-order valence-electron chi connectivity index (χ2n) is 7.95. The molecule has 1 aliphatic heterocycles. The Morgan fingerprint density at radius 2 is 1.38 bits per heavy atom. The molecule has 7 heteroatoms. The first kappa shape index (κ1) is 24.0. The quantitative estimate of drug-likeness (QED) is 0.309. The summed E-state index contributed by atoms with van der Waals surface area (Å²) in [6.07, 6.45) is -4.63. The summed E-state index contributed by atoms with van der Waals surface area (Å²) >= 11 is 0. The highest BCUT2D eigenvalue weighted by Crippen LogP contribution is 2.42. The summed E-state index contributed by atoms with van der Waals surface area (Å²) in [7, 11) is 0. The molecule has 4 rings (SSSR count). The molecule has 3 nitrogen and oxygen atoms in total. The lowest BCUT2D eigenvalue weighted by Gasteiger charge is -2.26. The second kappa shape index (κ2) is 10.8. The van der Waals surface area contributed by atoms with Crippen LogP contribution in [-0.2, 0) is 4.74 Å². The Labute approximate surface area is 196 Å². The summed E-state index contributed by atoms with van der Waals surface area (Å²) in [6, 6.07) is 19.3. The lowest BCUT2D eigenvalue weighted by Crippen LogP contribution is -2.38. The van der Waals surface area contributed by atoms with Crippen molar-refractivity contribution < 1.29 is 27.0 Å². The molecule has 0 unspecified atom stereocenters. The topological polar surface area (TPSA) is 21.7 Å². The van der Waals surface area contributed by atoms with E-state index in [2.05, 4.69) is 4.90 Å². The number of hydrogen-bond acceptors (Lipinski definition) is 3. The second-order valence-corrected chi connectivity index (χ2v) is 7.95. The number of nitrogens with zero attached hydrogens (tertiary/aromatic N) is 1. The number of hydrogen-bond donors (Lipinski definition) is 0. The lowest BCUT2D eigenvalue weighted by molar-refractivity contribution is -0.0685. The normalized spacial score (nSPS) is 15.6. The van der Waals surface area contributed by atoms with Crippen molar-refractivity contribution in [1.82, 2.24) is 4.90 Å². The van der Waals surface area contributed by atoms with Gasteiger partial charge in [-0.2, -0.15) is 13.2 Å². The molecule has 1 aliphatic rings. The molecule has 0 N–H and O–H groups in total.